The number of hydrogen-bond acceptors (Lipinski definition) is 4. The molecule has 0 aliphatic carbocycles. The van der Waals surface area contributed by atoms with Crippen LogP contribution >= 0.6 is 24.0 Å². The quantitative estimate of drug-likeness (QED) is 0.308. The van der Waals surface area contributed by atoms with Crippen molar-refractivity contribution in [1.29, 1.82) is 0 Å². The van der Waals surface area contributed by atoms with Crippen LogP contribution in [0.15, 0.2) is 27.8 Å². The Balaban J connectivity index is 0.00000338. The number of rotatable bonds is 10. The first kappa shape index (κ1) is 23.2. The average molecular weight is 478 g/mol. The predicted molar refractivity (Wildman–Crippen MR) is 117 cm³/mol. The van der Waals surface area contributed by atoms with Crippen molar-refractivity contribution in [2.45, 2.75) is 33.1 Å². The summed E-state index contributed by atoms with van der Waals surface area (Å²) in [6.07, 6.45) is 4.93. The van der Waals surface area contributed by atoms with Crippen molar-refractivity contribution in [3.05, 3.63) is 24.2 Å². The van der Waals surface area contributed by atoms with Crippen LogP contribution in [0, 0.1) is 5.92 Å². The van der Waals surface area contributed by atoms with Crippen molar-refractivity contribution < 1.29 is 9.15 Å². The minimum absolute atomic E-state index is 0. The molecule has 0 atom stereocenters. The lowest BCUT2D eigenvalue weighted by Crippen LogP contribution is -2.45. The normalized spacial score (nSPS) is 15.7. The lowest BCUT2D eigenvalue weighted by molar-refractivity contribution is 0.0389. The van der Waals surface area contributed by atoms with Crippen molar-refractivity contribution >= 4 is 29.9 Å². The van der Waals surface area contributed by atoms with E-state index in [-0.39, 0.29) is 24.0 Å². The Bertz CT molecular complexity index is 472. The summed E-state index contributed by atoms with van der Waals surface area (Å²) < 4.78 is 10.8. The van der Waals surface area contributed by atoms with Crippen molar-refractivity contribution in [2.24, 2.45) is 10.9 Å². The third-order valence-corrected chi connectivity index (χ3v) is 4.73. The van der Waals surface area contributed by atoms with Crippen LogP contribution in [-0.2, 0) is 11.2 Å². The Kier molecular flexibility index (Phi) is 12.8. The molecule has 0 bridgehead atoms. The molecule has 0 saturated carbocycles. The second-order valence-corrected chi connectivity index (χ2v) is 6.51. The maximum atomic E-state index is 5.40. The van der Waals surface area contributed by atoms with E-state index in [2.05, 4.69) is 29.4 Å². The Hall–Kier alpha value is -0.800. The Morgan fingerprint density at radius 1 is 1.19 bits per heavy atom. The van der Waals surface area contributed by atoms with Gasteiger partial charge in [-0.15, -0.1) is 24.0 Å². The van der Waals surface area contributed by atoms with Gasteiger partial charge in [0.05, 0.1) is 19.5 Å². The van der Waals surface area contributed by atoms with E-state index in [4.69, 9.17) is 14.1 Å². The number of aliphatic imine (C=N–C) groups is 1. The summed E-state index contributed by atoms with van der Waals surface area (Å²) in [5.41, 5.74) is 0. The topological polar surface area (TPSA) is 62.0 Å². The molecule has 150 valence electrons. The highest BCUT2D eigenvalue weighted by Gasteiger charge is 2.10. The number of nitrogens with one attached hydrogen (secondary N) is 2. The minimum atomic E-state index is 0. The average Bonchev–Trinajstić information content (AvgIpc) is 3.16. The van der Waals surface area contributed by atoms with Crippen molar-refractivity contribution in [3.8, 4) is 0 Å². The summed E-state index contributed by atoms with van der Waals surface area (Å²) in [4.78, 5) is 7.22. The van der Waals surface area contributed by atoms with Gasteiger partial charge >= 0.3 is 0 Å². The minimum Gasteiger partial charge on any atom is -0.469 e. The van der Waals surface area contributed by atoms with Crippen LogP contribution in [-0.4, -0.2) is 63.3 Å². The summed E-state index contributed by atoms with van der Waals surface area (Å²) >= 11 is 0. The summed E-state index contributed by atoms with van der Waals surface area (Å²) in [6.45, 7) is 11.8. The number of furan rings is 1. The predicted octanol–water partition coefficient (Wildman–Crippen LogP) is 2.74. The van der Waals surface area contributed by atoms with Gasteiger partial charge in [0.2, 0.25) is 0 Å². The first-order valence-electron chi connectivity index (χ1n) is 9.66. The summed E-state index contributed by atoms with van der Waals surface area (Å²) in [6, 6.07) is 3.94. The second kappa shape index (κ2) is 14.3. The molecule has 7 heteroatoms. The first-order chi connectivity index (χ1) is 12.3. The van der Waals surface area contributed by atoms with E-state index in [1.165, 1.54) is 12.8 Å². The van der Waals surface area contributed by atoms with E-state index >= 15 is 0 Å². The third kappa shape index (κ3) is 9.23. The van der Waals surface area contributed by atoms with Gasteiger partial charge in [0, 0.05) is 45.7 Å². The van der Waals surface area contributed by atoms with Crippen LogP contribution < -0.4 is 10.6 Å². The largest absolute Gasteiger partial charge is 0.469 e. The number of hydrogen-bond donors (Lipinski definition) is 2. The SMILES string of the molecule is CCC(CC)CN=C(NCCc1ccco1)NCCN1CCOCC1.I. The highest BCUT2D eigenvalue weighted by Crippen LogP contribution is 2.07. The zero-order valence-electron chi connectivity index (χ0n) is 16.2. The van der Waals surface area contributed by atoms with Gasteiger partial charge in [0.1, 0.15) is 5.76 Å². The van der Waals surface area contributed by atoms with Gasteiger partial charge < -0.3 is 19.8 Å². The molecule has 0 radical (unpaired) electrons. The molecule has 0 aromatic carbocycles. The number of halogens is 1. The van der Waals surface area contributed by atoms with E-state index in [1.807, 2.05) is 12.1 Å². The van der Waals surface area contributed by atoms with Crippen LogP contribution in [0.2, 0.25) is 0 Å². The Labute approximate surface area is 175 Å². The fourth-order valence-corrected chi connectivity index (χ4v) is 2.86. The maximum absolute atomic E-state index is 5.40. The summed E-state index contributed by atoms with van der Waals surface area (Å²) in [5, 5.41) is 6.91. The van der Waals surface area contributed by atoms with E-state index in [1.54, 1.807) is 6.26 Å². The van der Waals surface area contributed by atoms with Gasteiger partial charge in [0.25, 0.3) is 0 Å². The van der Waals surface area contributed by atoms with Gasteiger partial charge in [-0.2, -0.15) is 0 Å². The molecule has 1 aliphatic heterocycles. The van der Waals surface area contributed by atoms with Gasteiger partial charge in [0.15, 0.2) is 5.96 Å². The zero-order chi connectivity index (χ0) is 17.7. The molecule has 1 aromatic heterocycles. The van der Waals surface area contributed by atoms with Gasteiger partial charge in [-0.1, -0.05) is 26.7 Å². The number of guanidine groups is 1. The molecule has 6 nitrogen and oxygen atoms in total. The van der Waals surface area contributed by atoms with Crippen molar-refractivity contribution in [2.75, 3.05) is 52.5 Å². The Morgan fingerprint density at radius 3 is 2.58 bits per heavy atom. The molecule has 1 saturated heterocycles. The van der Waals surface area contributed by atoms with Crippen LogP contribution in [0.3, 0.4) is 0 Å². The number of ether oxygens (including phenoxy) is 1. The molecule has 26 heavy (non-hydrogen) atoms. The molecule has 1 aliphatic rings. The molecule has 2 heterocycles. The van der Waals surface area contributed by atoms with E-state index < -0.39 is 0 Å². The van der Waals surface area contributed by atoms with Gasteiger partial charge in [-0.25, -0.2) is 0 Å². The van der Waals surface area contributed by atoms with Crippen LogP contribution in [0.1, 0.15) is 32.4 Å². The molecule has 0 unspecified atom stereocenters. The van der Waals surface area contributed by atoms with E-state index in [0.717, 1.165) is 70.6 Å². The lowest BCUT2D eigenvalue weighted by atomic mass is 10.0. The molecule has 1 aromatic rings. The molecule has 2 N–H and O–H groups in total. The molecule has 0 amide bonds. The fourth-order valence-electron chi connectivity index (χ4n) is 2.86. The standard InChI is InChI=1S/C19H34N4O2.HI/c1-3-17(4-2)16-22-19(20-8-7-18-6-5-13-25-18)21-9-10-23-11-14-24-15-12-23;/h5-6,13,17H,3-4,7-12,14-16H2,1-2H3,(H2,20,21,22);1H. The highest BCUT2D eigenvalue weighted by molar-refractivity contribution is 14.0. The number of morpholine rings is 1. The summed E-state index contributed by atoms with van der Waals surface area (Å²) in [7, 11) is 0. The molecule has 1 fully saturated rings. The molecular formula is C19H35IN4O2. The van der Waals surface area contributed by atoms with Crippen molar-refractivity contribution in [3.63, 3.8) is 0 Å². The highest BCUT2D eigenvalue weighted by atomic mass is 127. The van der Waals surface area contributed by atoms with Crippen LogP contribution in [0.25, 0.3) is 0 Å². The van der Waals surface area contributed by atoms with Crippen molar-refractivity contribution in [1.82, 2.24) is 15.5 Å². The van der Waals surface area contributed by atoms with Crippen LogP contribution in [0.4, 0.5) is 0 Å². The van der Waals surface area contributed by atoms with E-state index in [9.17, 15) is 0 Å². The van der Waals surface area contributed by atoms with Gasteiger partial charge in [-0.05, 0) is 18.1 Å². The second-order valence-electron chi connectivity index (χ2n) is 6.51. The molecule has 0 spiro atoms. The van der Waals surface area contributed by atoms with E-state index in [0.29, 0.717) is 5.92 Å². The van der Waals surface area contributed by atoms with Crippen LogP contribution in [0.5, 0.6) is 0 Å². The Morgan fingerprint density at radius 2 is 1.92 bits per heavy atom. The number of nitrogens with zero attached hydrogens (tertiary/aromatic N) is 2. The smallest absolute Gasteiger partial charge is 0.191 e. The maximum Gasteiger partial charge on any atom is 0.191 e. The molecular weight excluding hydrogens is 443 g/mol. The first-order valence-corrected chi connectivity index (χ1v) is 9.66. The zero-order valence-corrected chi connectivity index (χ0v) is 18.5. The molecule has 2 rings (SSSR count). The monoisotopic (exact) mass is 478 g/mol. The van der Waals surface area contributed by atoms with Gasteiger partial charge in [-0.3, -0.25) is 9.89 Å². The third-order valence-electron chi connectivity index (χ3n) is 4.73. The summed E-state index contributed by atoms with van der Waals surface area (Å²) in [5.74, 6) is 2.56. The fraction of sp³-hybridized carbons (Fsp3) is 0.737. The lowest BCUT2D eigenvalue weighted by Gasteiger charge is -2.26.